The molecule has 0 radical (unpaired) electrons. The van der Waals surface area contributed by atoms with Crippen molar-refractivity contribution in [2.75, 3.05) is 5.32 Å². The van der Waals surface area contributed by atoms with Crippen molar-refractivity contribution in [3.63, 3.8) is 0 Å². The Morgan fingerprint density at radius 2 is 1.90 bits per heavy atom. The van der Waals surface area contributed by atoms with Crippen LogP contribution in [0.2, 0.25) is 0 Å². The molecule has 0 atom stereocenters. The van der Waals surface area contributed by atoms with Gasteiger partial charge in [0, 0.05) is 11.3 Å². The standard InChI is InChI=1S/C16H11FN2O2/c17-12-7-4-8-13(9-12)19-16(20)14-15(21-10-18-14)11-5-2-1-3-6-11/h1-10H,(H,19,20). The van der Waals surface area contributed by atoms with E-state index in [-0.39, 0.29) is 5.69 Å². The molecule has 0 saturated heterocycles. The first-order valence-electron chi connectivity index (χ1n) is 6.30. The highest BCUT2D eigenvalue weighted by molar-refractivity contribution is 6.06. The highest BCUT2D eigenvalue weighted by Crippen LogP contribution is 2.23. The Kier molecular flexibility index (Phi) is 3.47. The van der Waals surface area contributed by atoms with Crippen LogP contribution in [0.4, 0.5) is 10.1 Å². The maximum absolute atomic E-state index is 13.1. The molecule has 0 unspecified atom stereocenters. The summed E-state index contributed by atoms with van der Waals surface area (Å²) in [6.45, 7) is 0. The SMILES string of the molecule is O=C(Nc1cccc(F)c1)c1ncoc1-c1ccccc1. The zero-order valence-corrected chi connectivity index (χ0v) is 10.9. The molecule has 0 bridgehead atoms. The number of rotatable bonds is 3. The molecular formula is C16H11FN2O2. The van der Waals surface area contributed by atoms with E-state index in [2.05, 4.69) is 10.3 Å². The van der Waals surface area contributed by atoms with Crippen LogP contribution in [0, 0.1) is 5.82 Å². The first-order valence-corrected chi connectivity index (χ1v) is 6.30. The maximum Gasteiger partial charge on any atom is 0.278 e. The number of hydrogen-bond acceptors (Lipinski definition) is 3. The van der Waals surface area contributed by atoms with Crippen LogP contribution < -0.4 is 5.32 Å². The Bertz CT molecular complexity index is 769. The van der Waals surface area contributed by atoms with E-state index in [4.69, 9.17) is 4.42 Å². The molecule has 5 heteroatoms. The highest BCUT2D eigenvalue weighted by Gasteiger charge is 2.18. The molecule has 3 rings (SSSR count). The number of hydrogen-bond donors (Lipinski definition) is 1. The first kappa shape index (κ1) is 13.1. The summed E-state index contributed by atoms with van der Waals surface area (Å²) >= 11 is 0. The summed E-state index contributed by atoms with van der Waals surface area (Å²) < 4.78 is 18.4. The smallest absolute Gasteiger partial charge is 0.278 e. The van der Waals surface area contributed by atoms with E-state index in [1.807, 2.05) is 30.3 Å². The molecule has 104 valence electrons. The minimum absolute atomic E-state index is 0.158. The summed E-state index contributed by atoms with van der Waals surface area (Å²) in [4.78, 5) is 16.2. The van der Waals surface area contributed by atoms with E-state index < -0.39 is 11.7 Å². The fourth-order valence-electron chi connectivity index (χ4n) is 1.96. The van der Waals surface area contributed by atoms with Gasteiger partial charge in [-0.2, -0.15) is 0 Å². The molecule has 0 spiro atoms. The van der Waals surface area contributed by atoms with Crippen LogP contribution in [0.1, 0.15) is 10.5 Å². The molecule has 2 aromatic carbocycles. The molecular weight excluding hydrogens is 271 g/mol. The monoisotopic (exact) mass is 282 g/mol. The number of nitrogens with zero attached hydrogens (tertiary/aromatic N) is 1. The van der Waals surface area contributed by atoms with Gasteiger partial charge >= 0.3 is 0 Å². The first-order chi connectivity index (χ1) is 10.2. The van der Waals surface area contributed by atoms with Crippen molar-refractivity contribution in [3.05, 3.63) is 72.5 Å². The maximum atomic E-state index is 13.1. The summed E-state index contributed by atoms with van der Waals surface area (Å²) in [5.74, 6) is -0.492. The van der Waals surface area contributed by atoms with E-state index >= 15 is 0 Å². The molecule has 0 saturated carbocycles. The van der Waals surface area contributed by atoms with E-state index in [0.29, 0.717) is 11.4 Å². The number of oxazole rings is 1. The molecule has 1 amide bonds. The van der Waals surface area contributed by atoms with Crippen molar-refractivity contribution in [1.82, 2.24) is 4.98 Å². The van der Waals surface area contributed by atoms with Crippen LogP contribution in [-0.2, 0) is 0 Å². The number of aromatic nitrogens is 1. The van der Waals surface area contributed by atoms with Crippen LogP contribution in [0.25, 0.3) is 11.3 Å². The molecule has 0 fully saturated rings. The van der Waals surface area contributed by atoms with Gasteiger partial charge in [0.15, 0.2) is 17.8 Å². The quantitative estimate of drug-likeness (QED) is 0.796. The molecule has 1 heterocycles. The summed E-state index contributed by atoms with van der Waals surface area (Å²) in [6, 6.07) is 14.8. The summed E-state index contributed by atoms with van der Waals surface area (Å²) in [6.07, 6.45) is 1.21. The van der Waals surface area contributed by atoms with Gasteiger partial charge in [-0.3, -0.25) is 4.79 Å². The van der Waals surface area contributed by atoms with E-state index in [0.717, 1.165) is 5.56 Å². The van der Waals surface area contributed by atoms with Crippen LogP contribution in [0.3, 0.4) is 0 Å². The van der Waals surface area contributed by atoms with Crippen molar-refractivity contribution < 1.29 is 13.6 Å². The number of carbonyl (C=O) groups excluding carboxylic acids is 1. The van der Waals surface area contributed by atoms with Gasteiger partial charge in [0.05, 0.1) is 0 Å². The molecule has 4 nitrogen and oxygen atoms in total. The van der Waals surface area contributed by atoms with E-state index in [1.54, 1.807) is 6.07 Å². The van der Waals surface area contributed by atoms with Crippen molar-refractivity contribution in [2.24, 2.45) is 0 Å². The minimum atomic E-state index is -0.451. The minimum Gasteiger partial charge on any atom is -0.443 e. The van der Waals surface area contributed by atoms with Crippen LogP contribution >= 0.6 is 0 Å². The van der Waals surface area contributed by atoms with Gasteiger partial charge in [0.25, 0.3) is 5.91 Å². The second kappa shape index (κ2) is 5.58. The molecule has 3 aromatic rings. The Morgan fingerprint density at radius 3 is 2.67 bits per heavy atom. The van der Waals surface area contributed by atoms with Gasteiger partial charge in [-0.1, -0.05) is 36.4 Å². The van der Waals surface area contributed by atoms with Crippen molar-refractivity contribution in [3.8, 4) is 11.3 Å². The Hall–Kier alpha value is -2.95. The fraction of sp³-hybridized carbons (Fsp3) is 0. The lowest BCUT2D eigenvalue weighted by Gasteiger charge is -2.04. The van der Waals surface area contributed by atoms with Gasteiger partial charge in [-0.25, -0.2) is 9.37 Å². The zero-order valence-electron chi connectivity index (χ0n) is 10.9. The summed E-state index contributed by atoms with van der Waals surface area (Å²) in [7, 11) is 0. The van der Waals surface area contributed by atoms with E-state index in [1.165, 1.54) is 24.6 Å². The van der Waals surface area contributed by atoms with Gasteiger partial charge in [0.1, 0.15) is 5.82 Å². The van der Waals surface area contributed by atoms with Crippen molar-refractivity contribution >= 4 is 11.6 Å². The van der Waals surface area contributed by atoms with Gasteiger partial charge in [0.2, 0.25) is 0 Å². The lowest BCUT2D eigenvalue weighted by Crippen LogP contribution is -2.13. The molecule has 0 aliphatic carbocycles. The number of anilines is 1. The molecule has 1 aromatic heterocycles. The zero-order chi connectivity index (χ0) is 14.7. The summed E-state index contributed by atoms with van der Waals surface area (Å²) in [5, 5.41) is 2.59. The van der Waals surface area contributed by atoms with Crippen LogP contribution in [0.15, 0.2) is 65.4 Å². The Labute approximate surface area is 120 Å². The molecule has 0 aliphatic heterocycles. The number of amides is 1. The second-order valence-electron chi connectivity index (χ2n) is 4.36. The number of benzene rings is 2. The van der Waals surface area contributed by atoms with Crippen molar-refractivity contribution in [2.45, 2.75) is 0 Å². The molecule has 1 N–H and O–H groups in total. The lowest BCUT2D eigenvalue weighted by atomic mass is 10.1. The summed E-state index contributed by atoms with van der Waals surface area (Å²) in [5.41, 5.74) is 1.27. The number of nitrogens with one attached hydrogen (secondary N) is 1. The van der Waals surface area contributed by atoms with Crippen LogP contribution in [0.5, 0.6) is 0 Å². The van der Waals surface area contributed by atoms with Gasteiger partial charge in [-0.05, 0) is 18.2 Å². The Balaban J connectivity index is 1.88. The average Bonchev–Trinajstić information content (AvgIpc) is 2.98. The third-order valence-corrected chi connectivity index (χ3v) is 2.90. The average molecular weight is 282 g/mol. The predicted octanol–water partition coefficient (Wildman–Crippen LogP) is 3.73. The Morgan fingerprint density at radius 1 is 1.10 bits per heavy atom. The van der Waals surface area contributed by atoms with Gasteiger partial charge in [-0.15, -0.1) is 0 Å². The number of halogens is 1. The van der Waals surface area contributed by atoms with Crippen LogP contribution in [-0.4, -0.2) is 10.9 Å². The van der Waals surface area contributed by atoms with E-state index in [9.17, 15) is 9.18 Å². The molecule has 21 heavy (non-hydrogen) atoms. The normalized spacial score (nSPS) is 10.3. The number of carbonyl (C=O) groups is 1. The highest BCUT2D eigenvalue weighted by atomic mass is 19.1. The lowest BCUT2D eigenvalue weighted by molar-refractivity contribution is 0.102. The topological polar surface area (TPSA) is 55.1 Å². The largest absolute Gasteiger partial charge is 0.443 e. The van der Waals surface area contributed by atoms with Gasteiger partial charge < -0.3 is 9.73 Å². The molecule has 0 aliphatic rings. The predicted molar refractivity (Wildman–Crippen MR) is 76.3 cm³/mol. The third kappa shape index (κ3) is 2.81. The second-order valence-corrected chi connectivity index (χ2v) is 4.36. The fourth-order valence-corrected chi connectivity index (χ4v) is 1.96. The van der Waals surface area contributed by atoms with Crippen molar-refractivity contribution in [1.29, 1.82) is 0 Å². The third-order valence-electron chi connectivity index (χ3n) is 2.90.